The number of hydrogen-bond acceptors (Lipinski definition) is 8. The van der Waals surface area contributed by atoms with E-state index < -0.39 is 0 Å². The molecule has 8 nitrogen and oxygen atoms in total. The van der Waals surface area contributed by atoms with Crippen LogP contribution < -0.4 is 19.9 Å². The minimum atomic E-state index is -0.0718. The van der Waals surface area contributed by atoms with Crippen LogP contribution in [0.2, 0.25) is 0 Å². The normalized spacial score (nSPS) is 11.2. The third kappa shape index (κ3) is 11.6. The van der Waals surface area contributed by atoms with Crippen molar-refractivity contribution >= 4 is 39.8 Å². The average molecular weight is 691 g/mol. The fourth-order valence-electron chi connectivity index (χ4n) is 5.73. The van der Waals surface area contributed by atoms with Crippen LogP contribution in [0.5, 0.6) is 11.5 Å². The van der Waals surface area contributed by atoms with Crippen LogP contribution >= 0.6 is 0 Å². The van der Waals surface area contributed by atoms with E-state index in [-0.39, 0.29) is 5.78 Å². The van der Waals surface area contributed by atoms with Crippen LogP contribution in [0.15, 0.2) is 61.6 Å². The number of carbonyl (C=O) groups excluding carboxylic acids is 1. The molecule has 1 atom stereocenters. The van der Waals surface area contributed by atoms with Crippen LogP contribution in [0.3, 0.4) is 0 Å². The lowest BCUT2D eigenvalue weighted by Crippen LogP contribution is -2.31. The number of ether oxygens (including phenoxy) is 1. The molecule has 1 unspecified atom stereocenters. The summed E-state index contributed by atoms with van der Waals surface area (Å²) in [4.78, 5) is 28.9. The van der Waals surface area contributed by atoms with E-state index in [0.29, 0.717) is 17.7 Å². The minimum absolute atomic E-state index is 0.0718. The lowest BCUT2D eigenvalue weighted by molar-refractivity contribution is -0.111. The van der Waals surface area contributed by atoms with Crippen molar-refractivity contribution in [3.05, 3.63) is 78.3 Å². The van der Waals surface area contributed by atoms with Gasteiger partial charge < -0.3 is 19.9 Å². The van der Waals surface area contributed by atoms with Gasteiger partial charge in [-0.1, -0.05) is 73.3 Å². The van der Waals surface area contributed by atoms with Crippen LogP contribution in [0.4, 0.5) is 23.0 Å². The first-order valence-corrected chi connectivity index (χ1v) is 18.3. The van der Waals surface area contributed by atoms with Gasteiger partial charge in [-0.15, -0.1) is 0 Å². The number of nitrogens with zero attached hydrogens (tertiary/aromatic N) is 5. The molecule has 1 N–H and O–H groups in total. The van der Waals surface area contributed by atoms with Gasteiger partial charge in [0.1, 0.15) is 29.2 Å². The molecular formula is C43H58N6O2. The summed E-state index contributed by atoms with van der Waals surface area (Å²) in [5.74, 6) is 9.06. The van der Waals surface area contributed by atoms with Crippen LogP contribution in [0.25, 0.3) is 11.0 Å². The molecule has 0 aliphatic carbocycles. The molecule has 0 bridgehead atoms. The van der Waals surface area contributed by atoms with E-state index >= 15 is 0 Å². The van der Waals surface area contributed by atoms with Crippen molar-refractivity contribution in [2.75, 3.05) is 35.3 Å². The molecule has 51 heavy (non-hydrogen) atoms. The minimum Gasteiger partial charge on any atom is -0.457 e. The summed E-state index contributed by atoms with van der Waals surface area (Å²) >= 11 is 0. The summed E-state index contributed by atoms with van der Waals surface area (Å²) in [6, 6.07) is 14.6. The Kier molecular flexibility index (Phi) is 16.0. The van der Waals surface area contributed by atoms with Crippen molar-refractivity contribution in [3.63, 3.8) is 0 Å². The number of pyridine rings is 1. The maximum atomic E-state index is 9.87. The van der Waals surface area contributed by atoms with Gasteiger partial charge in [-0.25, -0.2) is 15.0 Å². The summed E-state index contributed by atoms with van der Waals surface area (Å²) < 4.78 is 6.38. The first kappa shape index (κ1) is 40.5. The molecule has 2 heterocycles. The van der Waals surface area contributed by atoms with E-state index in [2.05, 4.69) is 111 Å². The largest absolute Gasteiger partial charge is 0.457 e. The number of aryl methyl sites for hydroxylation is 2. The average Bonchev–Trinajstić information content (AvgIpc) is 3.11. The molecule has 0 fully saturated rings. The molecule has 0 spiro atoms. The van der Waals surface area contributed by atoms with Crippen molar-refractivity contribution < 1.29 is 9.53 Å². The molecular weight excluding hydrogens is 633 g/mol. The lowest BCUT2D eigenvalue weighted by atomic mass is 10.00. The van der Waals surface area contributed by atoms with Crippen molar-refractivity contribution in [1.29, 1.82) is 0 Å². The zero-order valence-corrected chi connectivity index (χ0v) is 32.6. The molecule has 0 saturated carbocycles. The third-order valence-corrected chi connectivity index (χ3v) is 8.74. The third-order valence-electron chi connectivity index (χ3n) is 8.74. The number of hydrogen-bond donors (Lipinski definition) is 1. The number of unbranched alkanes of at least 4 members (excludes halogenated alkanes) is 1. The van der Waals surface area contributed by atoms with E-state index in [1.165, 1.54) is 18.1 Å². The predicted octanol–water partition coefficient (Wildman–Crippen LogP) is 10.8. The Bertz CT molecular complexity index is 1820. The number of fused-ring (bicyclic) bond motifs is 1. The van der Waals surface area contributed by atoms with Crippen molar-refractivity contribution in [1.82, 2.24) is 15.0 Å². The summed E-state index contributed by atoms with van der Waals surface area (Å²) in [6.07, 6.45) is 8.92. The number of Topliss-reactive ketones (excluding diaryl/α,β-unsaturated/α-hetero) is 1. The first-order valence-electron chi connectivity index (χ1n) is 18.3. The fraction of sp³-hybridized carbons (Fsp3) is 0.442. The standard InChI is InChI=1S/C38H52N6O.C5H6O/c1-10-14-20-44(24-27(7)12-3)38-29(15-11-2)22-33-36(42-38)37(40-25-39-33)41-30-16-19-35(28(8)21-30)45-31-17-18-34(43(9)13-4)32(23-31)26(5)6;1-3-4-5(2)6/h13,16-19,21-23,25-27H,4,10-12,14-15,20,24H2,1-3,5-9H3,(H,39,40,41);1-2H3. The topological polar surface area (TPSA) is 83.5 Å². The van der Waals surface area contributed by atoms with E-state index in [1.54, 1.807) is 13.3 Å². The maximum absolute atomic E-state index is 9.87. The molecule has 0 amide bonds. The molecule has 4 rings (SSSR count). The molecule has 2 aromatic heterocycles. The van der Waals surface area contributed by atoms with E-state index in [1.807, 2.05) is 36.3 Å². The number of anilines is 4. The second-order valence-electron chi connectivity index (χ2n) is 13.4. The van der Waals surface area contributed by atoms with Crippen molar-refractivity contribution in [2.45, 2.75) is 100 Å². The van der Waals surface area contributed by atoms with Gasteiger partial charge in [-0.3, -0.25) is 4.79 Å². The van der Waals surface area contributed by atoms with Crippen LogP contribution in [0.1, 0.15) is 104 Å². The van der Waals surface area contributed by atoms with E-state index in [4.69, 9.17) is 9.72 Å². The fourth-order valence-corrected chi connectivity index (χ4v) is 5.73. The Morgan fingerprint density at radius 1 is 1.06 bits per heavy atom. The molecule has 272 valence electrons. The van der Waals surface area contributed by atoms with Gasteiger partial charge in [0.25, 0.3) is 0 Å². The van der Waals surface area contributed by atoms with Crippen LogP contribution in [-0.2, 0) is 11.2 Å². The van der Waals surface area contributed by atoms with Crippen molar-refractivity contribution in [2.24, 2.45) is 5.92 Å². The second-order valence-corrected chi connectivity index (χ2v) is 13.4. The van der Waals surface area contributed by atoms with Gasteiger partial charge in [-0.05, 0) is 110 Å². The number of carbonyl (C=O) groups is 1. The summed E-state index contributed by atoms with van der Waals surface area (Å²) in [5.41, 5.74) is 7.21. The Hall–Kier alpha value is -4.90. The van der Waals surface area contributed by atoms with Crippen molar-refractivity contribution in [3.8, 4) is 23.3 Å². The highest BCUT2D eigenvalue weighted by molar-refractivity contribution is 5.93. The van der Waals surface area contributed by atoms with Gasteiger partial charge >= 0.3 is 0 Å². The van der Waals surface area contributed by atoms with E-state index in [9.17, 15) is 4.79 Å². The number of benzene rings is 2. The highest BCUT2D eigenvalue weighted by Gasteiger charge is 2.19. The smallest absolute Gasteiger partial charge is 0.202 e. The number of ketones is 1. The highest BCUT2D eigenvalue weighted by atomic mass is 16.5. The highest BCUT2D eigenvalue weighted by Crippen LogP contribution is 2.35. The number of aromatic nitrogens is 3. The molecule has 8 heteroatoms. The molecule has 4 aromatic rings. The predicted molar refractivity (Wildman–Crippen MR) is 216 cm³/mol. The second kappa shape index (κ2) is 20.1. The van der Waals surface area contributed by atoms with E-state index in [0.717, 1.165) is 90.5 Å². The quantitative estimate of drug-likeness (QED) is 0.0919. The Morgan fingerprint density at radius 2 is 1.82 bits per heavy atom. The molecule has 0 saturated heterocycles. The SMILES string of the molecule is C=CN(C)c1ccc(Oc2ccc(Nc3ncnc4cc(CCC)c(N(CCCC)CC(C)CC)nc34)cc2C)cc1C(C)C.CC#CC(C)=O. The van der Waals surface area contributed by atoms with Gasteiger partial charge in [0.15, 0.2) is 5.82 Å². The van der Waals surface area contributed by atoms with Crippen LogP contribution in [0, 0.1) is 24.7 Å². The monoisotopic (exact) mass is 690 g/mol. The summed E-state index contributed by atoms with van der Waals surface area (Å²) in [6.45, 7) is 24.5. The molecule has 0 aliphatic heterocycles. The first-order chi connectivity index (χ1) is 24.4. The zero-order chi connectivity index (χ0) is 37.5. The summed E-state index contributed by atoms with van der Waals surface area (Å²) in [5, 5.41) is 3.54. The zero-order valence-electron chi connectivity index (χ0n) is 32.6. The Labute approximate surface area is 306 Å². The Balaban J connectivity index is 0.00000107. The molecule has 2 aromatic carbocycles. The van der Waals surface area contributed by atoms with Gasteiger partial charge in [0.2, 0.25) is 5.78 Å². The van der Waals surface area contributed by atoms with Gasteiger partial charge in [-0.2, -0.15) is 0 Å². The Morgan fingerprint density at radius 3 is 2.41 bits per heavy atom. The van der Waals surface area contributed by atoms with Crippen LogP contribution in [-0.4, -0.2) is 40.9 Å². The molecule has 0 radical (unpaired) electrons. The number of nitrogens with one attached hydrogen (secondary N) is 1. The van der Waals surface area contributed by atoms with Gasteiger partial charge in [0.05, 0.1) is 5.52 Å². The molecule has 0 aliphatic rings. The summed E-state index contributed by atoms with van der Waals surface area (Å²) in [7, 11) is 2.02. The maximum Gasteiger partial charge on any atom is 0.202 e. The van der Waals surface area contributed by atoms with Gasteiger partial charge in [0, 0.05) is 38.4 Å². The lowest BCUT2D eigenvalue weighted by Gasteiger charge is -2.29. The number of rotatable bonds is 16.